The van der Waals surface area contributed by atoms with E-state index in [0.29, 0.717) is 12.8 Å². The van der Waals surface area contributed by atoms with E-state index in [0.717, 1.165) is 25.7 Å². The summed E-state index contributed by atoms with van der Waals surface area (Å²) in [4.78, 5) is 33.7. The topological polar surface area (TPSA) is 71.4 Å². The number of rotatable bonds is 4. The average Bonchev–Trinajstić information content (AvgIpc) is 2.20. The van der Waals surface area contributed by atoms with Crippen molar-refractivity contribution in [2.45, 2.75) is 51.4 Å². The number of aliphatic carboxylic acids is 1. The summed E-state index contributed by atoms with van der Waals surface area (Å²) in [5, 5.41) is 8.49. The number of hydrogen-bond acceptors (Lipinski definition) is 3. The zero-order valence-corrected chi connectivity index (χ0v) is 9.41. The number of hydrogen-bond donors (Lipinski definition) is 1. The van der Waals surface area contributed by atoms with E-state index in [4.69, 9.17) is 5.11 Å². The molecule has 1 unspecified atom stereocenters. The van der Waals surface area contributed by atoms with Crippen LogP contribution in [-0.4, -0.2) is 22.6 Å². The lowest BCUT2D eigenvalue weighted by Gasteiger charge is -2.16. The van der Waals surface area contributed by atoms with Gasteiger partial charge in [0.05, 0.1) is 12.3 Å². The molecule has 0 aromatic heterocycles. The van der Waals surface area contributed by atoms with Crippen molar-refractivity contribution in [3.63, 3.8) is 0 Å². The van der Waals surface area contributed by atoms with Crippen LogP contribution in [0.3, 0.4) is 0 Å². The Morgan fingerprint density at radius 1 is 1.12 bits per heavy atom. The molecule has 0 saturated heterocycles. The maximum Gasteiger partial charge on any atom is 0.303 e. The molecule has 4 nitrogen and oxygen atoms in total. The van der Waals surface area contributed by atoms with Crippen molar-refractivity contribution < 1.29 is 19.5 Å². The first-order valence-electron chi connectivity index (χ1n) is 5.88. The number of carboxylic acids is 1. The van der Waals surface area contributed by atoms with E-state index >= 15 is 0 Å². The first-order chi connectivity index (χ1) is 7.61. The van der Waals surface area contributed by atoms with Crippen LogP contribution in [0.2, 0.25) is 0 Å². The quantitative estimate of drug-likeness (QED) is 0.744. The van der Waals surface area contributed by atoms with Crippen LogP contribution in [0.15, 0.2) is 0 Å². The summed E-state index contributed by atoms with van der Waals surface area (Å²) in [6.45, 7) is 0. The molecule has 1 rings (SSSR count). The van der Waals surface area contributed by atoms with Gasteiger partial charge in [-0.05, 0) is 12.8 Å². The highest BCUT2D eigenvalue weighted by Crippen LogP contribution is 2.21. The lowest BCUT2D eigenvalue weighted by molar-refractivity contribution is -0.140. The summed E-state index contributed by atoms with van der Waals surface area (Å²) in [6, 6.07) is 0. The maximum absolute atomic E-state index is 11.7. The summed E-state index contributed by atoms with van der Waals surface area (Å²) in [7, 11) is 0. The Kier molecular flexibility index (Phi) is 5.15. The molecule has 0 aliphatic heterocycles. The third-order valence-corrected chi connectivity index (χ3v) is 3.03. The van der Waals surface area contributed by atoms with Crippen LogP contribution in [0.5, 0.6) is 0 Å². The minimum Gasteiger partial charge on any atom is -0.481 e. The van der Waals surface area contributed by atoms with Crippen LogP contribution in [-0.2, 0) is 14.4 Å². The first kappa shape index (κ1) is 12.9. The Balaban J connectivity index is 2.49. The van der Waals surface area contributed by atoms with Crippen molar-refractivity contribution in [2.75, 3.05) is 0 Å². The summed E-state index contributed by atoms with van der Waals surface area (Å²) in [5.74, 6) is -1.68. The number of carbonyl (C=O) groups excluding carboxylic acids is 2. The maximum atomic E-state index is 11.7. The van der Waals surface area contributed by atoms with Gasteiger partial charge in [-0.3, -0.25) is 14.4 Å². The zero-order chi connectivity index (χ0) is 12.0. The summed E-state index contributed by atoms with van der Waals surface area (Å²) >= 11 is 0. The van der Waals surface area contributed by atoms with Gasteiger partial charge in [-0.2, -0.15) is 0 Å². The van der Waals surface area contributed by atoms with E-state index in [1.54, 1.807) is 0 Å². The highest BCUT2D eigenvalue weighted by Gasteiger charge is 2.26. The second-order valence-corrected chi connectivity index (χ2v) is 4.33. The van der Waals surface area contributed by atoms with Gasteiger partial charge in [0.15, 0.2) is 0 Å². The van der Waals surface area contributed by atoms with E-state index in [-0.39, 0.29) is 24.4 Å². The molecule has 1 fully saturated rings. The van der Waals surface area contributed by atoms with Crippen LogP contribution in [0.1, 0.15) is 51.4 Å². The molecule has 0 aromatic rings. The Hall–Kier alpha value is -1.19. The second-order valence-electron chi connectivity index (χ2n) is 4.33. The Bertz CT molecular complexity index is 283. The molecule has 0 bridgehead atoms. The van der Waals surface area contributed by atoms with Crippen molar-refractivity contribution in [1.82, 2.24) is 0 Å². The smallest absolute Gasteiger partial charge is 0.303 e. The SMILES string of the molecule is O=C(O)CCC(=O)C1CCCCCCC1=O. The van der Waals surface area contributed by atoms with E-state index in [2.05, 4.69) is 0 Å². The average molecular weight is 226 g/mol. The Labute approximate surface area is 95.0 Å². The highest BCUT2D eigenvalue weighted by molar-refractivity contribution is 6.02. The monoisotopic (exact) mass is 226 g/mol. The lowest BCUT2D eigenvalue weighted by atomic mass is 9.85. The fourth-order valence-electron chi connectivity index (χ4n) is 2.08. The molecule has 0 spiro atoms. The molecule has 90 valence electrons. The molecule has 1 saturated carbocycles. The molecule has 16 heavy (non-hydrogen) atoms. The first-order valence-corrected chi connectivity index (χ1v) is 5.88. The molecule has 0 amide bonds. The molecule has 0 radical (unpaired) electrons. The zero-order valence-electron chi connectivity index (χ0n) is 9.41. The standard InChI is InChI=1S/C12H18O4/c13-10-6-4-2-1-3-5-9(10)11(14)7-8-12(15)16/h9H,1-8H2,(H,15,16). The molecule has 1 N–H and O–H groups in total. The van der Waals surface area contributed by atoms with E-state index in [9.17, 15) is 14.4 Å². The van der Waals surface area contributed by atoms with Gasteiger partial charge >= 0.3 is 5.97 Å². The van der Waals surface area contributed by atoms with Crippen molar-refractivity contribution in [1.29, 1.82) is 0 Å². The molecule has 0 aromatic carbocycles. The van der Waals surface area contributed by atoms with Gasteiger partial charge in [0.1, 0.15) is 11.6 Å². The van der Waals surface area contributed by atoms with Gasteiger partial charge in [0, 0.05) is 12.8 Å². The van der Waals surface area contributed by atoms with Gasteiger partial charge in [0.2, 0.25) is 0 Å². The Morgan fingerprint density at radius 2 is 1.81 bits per heavy atom. The normalized spacial score (nSPS) is 22.2. The van der Waals surface area contributed by atoms with E-state index in [1.165, 1.54) is 0 Å². The molecular weight excluding hydrogens is 208 g/mol. The predicted octanol–water partition coefficient (Wildman–Crippen LogP) is 1.96. The van der Waals surface area contributed by atoms with Crippen molar-refractivity contribution in [3.05, 3.63) is 0 Å². The molecule has 1 atom stereocenters. The fourth-order valence-corrected chi connectivity index (χ4v) is 2.08. The van der Waals surface area contributed by atoms with E-state index in [1.807, 2.05) is 0 Å². The fraction of sp³-hybridized carbons (Fsp3) is 0.750. The summed E-state index contributed by atoms with van der Waals surface area (Å²) in [5.41, 5.74) is 0. The molecule has 0 heterocycles. The van der Waals surface area contributed by atoms with Gasteiger partial charge in [0.25, 0.3) is 0 Å². The van der Waals surface area contributed by atoms with E-state index < -0.39 is 11.9 Å². The van der Waals surface area contributed by atoms with Gasteiger partial charge in [-0.1, -0.05) is 19.3 Å². The molecule has 1 aliphatic rings. The highest BCUT2D eigenvalue weighted by atomic mass is 16.4. The third kappa shape index (κ3) is 4.13. The summed E-state index contributed by atoms with van der Waals surface area (Å²) in [6.07, 6.45) is 4.80. The molecular formula is C12H18O4. The van der Waals surface area contributed by atoms with Crippen molar-refractivity contribution in [3.8, 4) is 0 Å². The molecule has 1 aliphatic carbocycles. The number of carboxylic acid groups (broad SMARTS) is 1. The van der Waals surface area contributed by atoms with Gasteiger partial charge in [-0.15, -0.1) is 0 Å². The Morgan fingerprint density at radius 3 is 2.50 bits per heavy atom. The second kappa shape index (κ2) is 6.40. The van der Waals surface area contributed by atoms with Gasteiger partial charge in [-0.25, -0.2) is 0 Å². The number of Topliss-reactive ketones (excluding diaryl/α,β-unsaturated/α-hetero) is 2. The predicted molar refractivity (Wildman–Crippen MR) is 58.1 cm³/mol. The van der Waals surface area contributed by atoms with Crippen LogP contribution < -0.4 is 0 Å². The van der Waals surface area contributed by atoms with Crippen LogP contribution in [0.25, 0.3) is 0 Å². The minimum atomic E-state index is -0.980. The van der Waals surface area contributed by atoms with Crippen LogP contribution in [0.4, 0.5) is 0 Å². The van der Waals surface area contributed by atoms with Crippen molar-refractivity contribution >= 4 is 17.5 Å². The summed E-state index contributed by atoms with van der Waals surface area (Å²) < 4.78 is 0. The largest absolute Gasteiger partial charge is 0.481 e. The third-order valence-electron chi connectivity index (χ3n) is 3.03. The van der Waals surface area contributed by atoms with Crippen LogP contribution >= 0.6 is 0 Å². The van der Waals surface area contributed by atoms with Gasteiger partial charge < -0.3 is 5.11 Å². The number of carbonyl (C=O) groups is 3. The minimum absolute atomic E-state index is 0.00819. The lowest BCUT2D eigenvalue weighted by Crippen LogP contribution is -2.25. The molecule has 4 heteroatoms. The van der Waals surface area contributed by atoms with Crippen molar-refractivity contribution in [2.24, 2.45) is 5.92 Å². The van der Waals surface area contributed by atoms with Crippen LogP contribution in [0, 0.1) is 5.92 Å². The number of ketones is 2.